The van der Waals surface area contributed by atoms with Gasteiger partial charge < -0.3 is 0 Å². The molecule has 0 saturated heterocycles. The predicted molar refractivity (Wildman–Crippen MR) is 83.5 cm³/mol. The molecule has 0 atom stereocenters. The van der Waals surface area contributed by atoms with E-state index in [0.717, 1.165) is 5.56 Å². The molecule has 0 saturated carbocycles. The van der Waals surface area contributed by atoms with Crippen LogP contribution in [-0.4, -0.2) is 9.78 Å². The minimum atomic E-state index is -4.46. The summed E-state index contributed by atoms with van der Waals surface area (Å²) in [5.74, 6) is 0. The molecule has 2 nitrogen and oxygen atoms in total. The van der Waals surface area contributed by atoms with E-state index < -0.39 is 11.7 Å². The van der Waals surface area contributed by atoms with Crippen LogP contribution in [-0.2, 0) is 6.18 Å². The SMILES string of the molecule is Cc1ccc(-c2c(C(F)(F)F)c(C)nn2-c2ccccc2)cc1. The first kappa shape index (κ1) is 15.3. The monoisotopic (exact) mass is 316 g/mol. The van der Waals surface area contributed by atoms with Crippen molar-refractivity contribution < 1.29 is 13.2 Å². The van der Waals surface area contributed by atoms with Crippen LogP contribution in [0.3, 0.4) is 0 Å². The van der Waals surface area contributed by atoms with E-state index in [2.05, 4.69) is 5.10 Å². The van der Waals surface area contributed by atoms with Gasteiger partial charge in [-0.1, -0.05) is 48.0 Å². The van der Waals surface area contributed by atoms with Crippen LogP contribution in [0.4, 0.5) is 13.2 Å². The Morgan fingerprint density at radius 3 is 2.04 bits per heavy atom. The molecular weight excluding hydrogens is 301 g/mol. The Balaban J connectivity index is 2.32. The molecule has 1 aromatic heterocycles. The fourth-order valence-electron chi connectivity index (χ4n) is 2.60. The summed E-state index contributed by atoms with van der Waals surface area (Å²) in [6, 6.07) is 15.8. The molecule has 23 heavy (non-hydrogen) atoms. The van der Waals surface area contributed by atoms with Gasteiger partial charge in [0.2, 0.25) is 0 Å². The summed E-state index contributed by atoms with van der Waals surface area (Å²) in [5, 5.41) is 4.14. The number of rotatable bonds is 2. The topological polar surface area (TPSA) is 17.8 Å². The summed E-state index contributed by atoms with van der Waals surface area (Å²) in [6.45, 7) is 3.29. The molecule has 0 unspecified atom stereocenters. The van der Waals surface area contributed by atoms with Crippen molar-refractivity contribution in [2.75, 3.05) is 0 Å². The Labute approximate surface area is 132 Å². The second-order valence-corrected chi connectivity index (χ2v) is 5.42. The Morgan fingerprint density at radius 1 is 0.870 bits per heavy atom. The first-order valence-electron chi connectivity index (χ1n) is 7.17. The van der Waals surface area contributed by atoms with Gasteiger partial charge in [-0.05, 0) is 26.0 Å². The lowest BCUT2D eigenvalue weighted by molar-refractivity contribution is -0.137. The van der Waals surface area contributed by atoms with Crippen LogP contribution in [0.2, 0.25) is 0 Å². The lowest BCUT2D eigenvalue weighted by Crippen LogP contribution is -2.08. The molecule has 0 N–H and O–H groups in total. The van der Waals surface area contributed by atoms with Crippen molar-refractivity contribution in [2.45, 2.75) is 20.0 Å². The van der Waals surface area contributed by atoms with Gasteiger partial charge in [0.15, 0.2) is 0 Å². The number of para-hydroxylation sites is 1. The molecule has 0 bridgehead atoms. The van der Waals surface area contributed by atoms with E-state index >= 15 is 0 Å². The van der Waals surface area contributed by atoms with Crippen molar-refractivity contribution in [2.24, 2.45) is 0 Å². The second kappa shape index (κ2) is 5.57. The van der Waals surface area contributed by atoms with Crippen molar-refractivity contribution in [3.05, 3.63) is 71.4 Å². The molecule has 2 aromatic carbocycles. The first-order chi connectivity index (χ1) is 10.9. The number of aryl methyl sites for hydroxylation is 2. The van der Waals surface area contributed by atoms with E-state index in [-0.39, 0.29) is 11.4 Å². The van der Waals surface area contributed by atoms with Gasteiger partial charge in [-0.2, -0.15) is 18.3 Å². The maximum atomic E-state index is 13.5. The van der Waals surface area contributed by atoms with E-state index in [0.29, 0.717) is 11.3 Å². The van der Waals surface area contributed by atoms with Crippen molar-refractivity contribution in [1.82, 2.24) is 9.78 Å². The molecule has 3 aromatic rings. The second-order valence-electron chi connectivity index (χ2n) is 5.42. The molecule has 0 aliphatic rings. The maximum Gasteiger partial charge on any atom is 0.420 e. The summed E-state index contributed by atoms with van der Waals surface area (Å²) in [6.07, 6.45) is -4.46. The fraction of sp³-hybridized carbons (Fsp3) is 0.167. The standard InChI is InChI=1S/C18H15F3N2/c1-12-8-10-14(11-9-12)17-16(18(19,20)21)13(2)22-23(17)15-6-4-3-5-7-15/h3-11H,1-2H3. The highest BCUT2D eigenvalue weighted by Crippen LogP contribution is 2.40. The molecule has 0 aliphatic carbocycles. The molecule has 0 fully saturated rings. The van der Waals surface area contributed by atoms with Crippen LogP contribution in [0.1, 0.15) is 16.8 Å². The number of nitrogens with zero attached hydrogens (tertiary/aromatic N) is 2. The van der Waals surface area contributed by atoms with Gasteiger partial charge in [0.25, 0.3) is 0 Å². The first-order valence-corrected chi connectivity index (χ1v) is 7.17. The van der Waals surface area contributed by atoms with Crippen LogP contribution in [0.15, 0.2) is 54.6 Å². The molecule has 5 heteroatoms. The maximum absolute atomic E-state index is 13.5. The van der Waals surface area contributed by atoms with Gasteiger partial charge in [0.05, 0.1) is 17.1 Å². The van der Waals surface area contributed by atoms with E-state index in [1.165, 1.54) is 11.6 Å². The summed E-state index contributed by atoms with van der Waals surface area (Å²) >= 11 is 0. The van der Waals surface area contributed by atoms with Crippen molar-refractivity contribution in [3.8, 4) is 16.9 Å². The third-order valence-corrected chi connectivity index (χ3v) is 3.67. The Morgan fingerprint density at radius 2 is 1.48 bits per heavy atom. The third-order valence-electron chi connectivity index (χ3n) is 3.67. The highest BCUT2D eigenvalue weighted by Gasteiger charge is 2.39. The summed E-state index contributed by atoms with van der Waals surface area (Å²) in [4.78, 5) is 0. The molecule has 0 radical (unpaired) electrons. The van der Waals surface area contributed by atoms with Crippen LogP contribution < -0.4 is 0 Å². The molecule has 0 spiro atoms. The molecular formula is C18H15F3N2. The average molecular weight is 316 g/mol. The normalized spacial score (nSPS) is 11.7. The van der Waals surface area contributed by atoms with Crippen molar-refractivity contribution in [3.63, 3.8) is 0 Å². The zero-order valence-electron chi connectivity index (χ0n) is 12.7. The minimum absolute atomic E-state index is 0.0306. The van der Waals surface area contributed by atoms with E-state index in [9.17, 15) is 13.2 Å². The van der Waals surface area contributed by atoms with Gasteiger partial charge in [0.1, 0.15) is 5.56 Å². The van der Waals surface area contributed by atoms with Crippen LogP contribution in [0.5, 0.6) is 0 Å². The largest absolute Gasteiger partial charge is 0.420 e. The highest BCUT2D eigenvalue weighted by molar-refractivity contribution is 5.68. The third kappa shape index (κ3) is 2.86. The summed E-state index contributed by atoms with van der Waals surface area (Å²) in [5.41, 5.74) is 1.43. The lowest BCUT2D eigenvalue weighted by atomic mass is 10.0. The Hall–Kier alpha value is -2.56. The van der Waals surface area contributed by atoms with Crippen molar-refractivity contribution in [1.29, 1.82) is 0 Å². The zero-order chi connectivity index (χ0) is 16.6. The van der Waals surface area contributed by atoms with Crippen LogP contribution in [0.25, 0.3) is 16.9 Å². The summed E-state index contributed by atoms with van der Waals surface area (Å²) in [7, 11) is 0. The van der Waals surface area contributed by atoms with Crippen LogP contribution in [0, 0.1) is 13.8 Å². The number of hydrogen-bond acceptors (Lipinski definition) is 1. The van der Waals surface area contributed by atoms with Gasteiger partial charge in [-0.25, -0.2) is 4.68 Å². The minimum Gasteiger partial charge on any atom is -0.232 e. The smallest absolute Gasteiger partial charge is 0.232 e. The van der Waals surface area contributed by atoms with Crippen molar-refractivity contribution >= 4 is 0 Å². The zero-order valence-corrected chi connectivity index (χ0v) is 12.7. The van der Waals surface area contributed by atoms with Gasteiger partial charge >= 0.3 is 6.18 Å². The average Bonchev–Trinajstić information content (AvgIpc) is 2.86. The number of aromatic nitrogens is 2. The quantitative estimate of drug-likeness (QED) is 0.637. The molecule has 0 aliphatic heterocycles. The van der Waals surface area contributed by atoms with E-state index in [1.807, 2.05) is 13.0 Å². The number of alkyl halides is 3. The number of benzene rings is 2. The van der Waals surface area contributed by atoms with Gasteiger partial charge in [0, 0.05) is 5.56 Å². The van der Waals surface area contributed by atoms with Gasteiger partial charge in [-0.3, -0.25) is 0 Å². The Kier molecular flexibility index (Phi) is 3.72. The number of halogens is 3. The molecule has 118 valence electrons. The number of hydrogen-bond donors (Lipinski definition) is 0. The lowest BCUT2D eigenvalue weighted by Gasteiger charge is -2.12. The van der Waals surface area contributed by atoms with E-state index in [1.54, 1.807) is 48.5 Å². The molecule has 1 heterocycles. The summed E-state index contributed by atoms with van der Waals surface area (Å²) < 4.78 is 42.0. The molecule has 0 amide bonds. The Bertz CT molecular complexity index is 816. The molecule has 3 rings (SSSR count). The predicted octanol–water partition coefficient (Wildman–Crippen LogP) is 5.17. The van der Waals surface area contributed by atoms with Crippen LogP contribution >= 0.6 is 0 Å². The van der Waals surface area contributed by atoms with Gasteiger partial charge in [-0.15, -0.1) is 0 Å². The highest BCUT2D eigenvalue weighted by atomic mass is 19.4. The fourth-order valence-corrected chi connectivity index (χ4v) is 2.60. The van der Waals surface area contributed by atoms with E-state index in [4.69, 9.17) is 0 Å².